The minimum atomic E-state index is 0.0486. The summed E-state index contributed by atoms with van der Waals surface area (Å²) in [6.07, 6.45) is 4.98. The van der Waals surface area contributed by atoms with E-state index in [0.717, 1.165) is 45.0 Å². The highest BCUT2D eigenvalue weighted by molar-refractivity contribution is 5.84. The third-order valence-electron chi connectivity index (χ3n) is 3.73. The van der Waals surface area contributed by atoms with E-state index in [2.05, 4.69) is 10.3 Å². The molecule has 0 amide bonds. The van der Waals surface area contributed by atoms with Gasteiger partial charge in [0.1, 0.15) is 12.8 Å². The fourth-order valence-electron chi connectivity index (χ4n) is 3.01. The highest BCUT2D eigenvalue weighted by atomic mass is 16.5. The summed E-state index contributed by atoms with van der Waals surface area (Å²) in [5.41, 5.74) is 0.0486. The molecule has 3 rings (SSSR count). The van der Waals surface area contributed by atoms with Gasteiger partial charge in [0.05, 0.1) is 18.6 Å². The summed E-state index contributed by atoms with van der Waals surface area (Å²) in [6.45, 7) is 3.35. The maximum Gasteiger partial charge on any atom is 0.193 e. The van der Waals surface area contributed by atoms with Gasteiger partial charge in [-0.3, -0.25) is 10.3 Å². The van der Waals surface area contributed by atoms with Crippen molar-refractivity contribution in [3.63, 3.8) is 0 Å². The van der Waals surface area contributed by atoms with Gasteiger partial charge in [0, 0.05) is 6.54 Å². The average Bonchev–Trinajstić information content (AvgIpc) is 3.02. The molecule has 4 heteroatoms. The SMILES string of the molecule is C1CCC(C2=NCCO2)(C2NCCO2)C1. The van der Waals surface area contributed by atoms with Crippen molar-refractivity contribution in [3.05, 3.63) is 0 Å². The summed E-state index contributed by atoms with van der Waals surface area (Å²) in [5.74, 6) is 0.958. The summed E-state index contributed by atoms with van der Waals surface area (Å²) in [7, 11) is 0. The van der Waals surface area contributed by atoms with Gasteiger partial charge >= 0.3 is 0 Å². The predicted octanol–water partition coefficient (Wildman–Crippen LogP) is 0.921. The first-order valence-corrected chi connectivity index (χ1v) is 5.95. The van der Waals surface area contributed by atoms with Crippen molar-refractivity contribution < 1.29 is 9.47 Å². The van der Waals surface area contributed by atoms with Gasteiger partial charge in [0.25, 0.3) is 0 Å². The van der Waals surface area contributed by atoms with Crippen LogP contribution in [-0.4, -0.2) is 38.4 Å². The number of hydrogen-bond acceptors (Lipinski definition) is 4. The quantitative estimate of drug-likeness (QED) is 0.737. The van der Waals surface area contributed by atoms with Crippen LogP contribution in [0.3, 0.4) is 0 Å². The molecular weight excluding hydrogens is 192 g/mol. The summed E-state index contributed by atoms with van der Waals surface area (Å²) in [5, 5.41) is 3.43. The maximum absolute atomic E-state index is 5.78. The van der Waals surface area contributed by atoms with Gasteiger partial charge < -0.3 is 9.47 Å². The molecule has 0 aromatic rings. The second kappa shape index (κ2) is 3.76. The molecule has 4 nitrogen and oxygen atoms in total. The van der Waals surface area contributed by atoms with Crippen LogP contribution >= 0.6 is 0 Å². The lowest BCUT2D eigenvalue weighted by atomic mass is 9.83. The zero-order chi connectivity index (χ0) is 10.1. The molecule has 0 aromatic carbocycles. The predicted molar refractivity (Wildman–Crippen MR) is 56.9 cm³/mol. The van der Waals surface area contributed by atoms with Crippen LogP contribution in [-0.2, 0) is 9.47 Å². The van der Waals surface area contributed by atoms with E-state index in [1.807, 2.05) is 0 Å². The van der Waals surface area contributed by atoms with Crippen molar-refractivity contribution in [1.82, 2.24) is 5.32 Å². The average molecular weight is 210 g/mol. The minimum absolute atomic E-state index is 0.0486. The largest absolute Gasteiger partial charge is 0.478 e. The molecule has 1 aliphatic carbocycles. The van der Waals surface area contributed by atoms with E-state index in [9.17, 15) is 0 Å². The highest BCUT2D eigenvalue weighted by Crippen LogP contribution is 2.44. The van der Waals surface area contributed by atoms with Gasteiger partial charge in [0.2, 0.25) is 0 Å². The van der Waals surface area contributed by atoms with E-state index in [0.29, 0.717) is 0 Å². The lowest BCUT2D eigenvalue weighted by Gasteiger charge is -2.33. The summed E-state index contributed by atoms with van der Waals surface area (Å²) in [6, 6.07) is 0. The molecule has 1 saturated carbocycles. The molecule has 1 atom stereocenters. The minimum Gasteiger partial charge on any atom is -0.478 e. The molecule has 0 radical (unpaired) electrons. The van der Waals surface area contributed by atoms with Crippen molar-refractivity contribution in [2.24, 2.45) is 10.4 Å². The second-order valence-electron chi connectivity index (χ2n) is 4.60. The van der Waals surface area contributed by atoms with Crippen LogP contribution in [0.2, 0.25) is 0 Å². The van der Waals surface area contributed by atoms with Crippen LogP contribution in [0.5, 0.6) is 0 Å². The molecule has 3 aliphatic rings. The molecule has 84 valence electrons. The van der Waals surface area contributed by atoms with Crippen molar-refractivity contribution in [1.29, 1.82) is 0 Å². The number of nitrogens with zero attached hydrogens (tertiary/aromatic N) is 1. The molecule has 0 aromatic heterocycles. The molecule has 0 spiro atoms. The highest BCUT2D eigenvalue weighted by Gasteiger charge is 2.49. The normalized spacial score (nSPS) is 34.1. The van der Waals surface area contributed by atoms with E-state index >= 15 is 0 Å². The molecule has 1 unspecified atom stereocenters. The fourth-order valence-corrected chi connectivity index (χ4v) is 3.01. The van der Waals surface area contributed by atoms with Crippen LogP contribution in [0.4, 0.5) is 0 Å². The van der Waals surface area contributed by atoms with E-state index in [1.165, 1.54) is 12.8 Å². The second-order valence-corrected chi connectivity index (χ2v) is 4.60. The molecular formula is C11H18N2O2. The van der Waals surface area contributed by atoms with Crippen molar-refractivity contribution in [2.45, 2.75) is 31.9 Å². The first-order valence-electron chi connectivity index (χ1n) is 5.95. The molecule has 2 heterocycles. The fraction of sp³-hybridized carbons (Fsp3) is 0.909. The first-order chi connectivity index (χ1) is 7.42. The van der Waals surface area contributed by atoms with Crippen LogP contribution in [0.1, 0.15) is 25.7 Å². The maximum atomic E-state index is 5.78. The van der Waals surface area contributed by atoms with Crippen LogP contribution in [0, 0.1) is 5.41 Å². The van der Waals surface area contributed by atoms with Gasteiger partial charge in [-0.15, -0.1) is 0 Å². The Labute approximate surface area is 90.0 Å². The van der Waals surface area contributed by atoms with Crippen LogP contribution < -0.4 is 5.32 Å². The van der Waals surface area contributed by atoms with Gasteiger partial charge in [-0.1, -0.05) is 12.8 Å². The van der Waals surface area contributed by atoms with E-state index in [4.69, 9.17) is 9.47 Å². The standard InChI is InChI=1S/C11H18N2O2/c1-2-4-11(3-1,9-12-5-7-14-9)10-13-6-8-15-10/h9,12H,1-8H2. The topological polar surface area (TPSA) is 42.8 Å². The number of hydrogen-bond donors (Lipinski definition) is 1. The zero-order valence-corrected chi connectivity index (χ0v) is 9.00. The van der Waals surface area contributed by atoms with Crippen molar-refractivity contribution in [3.8, 4) is 0 Å². The van der Waals surface area contributed by atoms with E-state index in [1.54, 1.807) is 0 Å². The number of aliphatic imine (C=N–C) groups is 1. The molecule has 1 saturated heterocycles. The van der Waals surface area contributed by atoms with E-state index < -0.39 is 0 Å². The Bertz CT molecular complexity index is 266. The van der Waals surface area contributed by atoms with Crippen molar-refractivity contribution in [2.75, 3.05) is 26.3 Å². The molecule has 0 bridgehead atoms. The Hall–Kier alpha value is -0.610. The Morgan fingerprint density at radius 1 is 1.27 bits per heavy atom. The molecule has 2 fully saturated rings. The number of nitrogens with one attached hydrogen (secondary N) is 1. The number of ether oxygens (including phenoxy) is 2. The lowest BCUT2D eigenvalue weighted by molar-refractivity contribution is 0.0171. The Balaban J connectivity index is 1.86. The third kappa shape index (κ3) is 1.47. The van der Waals surface area contributed by atoms with Crippen LogP contribution in [0.15, 0.2) is 4.99 Å². The summed E-state index contributed by atoms with van der Waals surface area (Å²) >= 11 is 0. The Kier molecular flexibility index (Phi) is 2.41. The van der Waals surface area contributed by atoms with Gasteiger partial charge in [-0.05, 0) is 12.8 Å². The summed E-state index contributed by atoms with van der Waals surface area (Å²) in [4.78, 5) is 4.51. The molecule has 1 N–H and O–H groups in total. The third-order valence-corrected chi connectivity index (χ3v) is 3.73. The number of rotatable bonds is 2. The van der Waals surface area contributed by atoms with Crippen molar-refractivity contribution >= 4 is 5.90 Å². The van der Waals surface area contributed by atoms with Gasteiger partial charge in [0.15, 0.2) is 5.90 Å². The molecule has 2 aliphatic heterocycles. The zero-order valence-electron chi connectivity index (χ0n) is 9.00. The lowest BCUT2D eigenvalue weighted by Crippen LogP contribution is -2.46. The Morgan fingerprint density at radius 2 is 2.13 bits per heavy atom. The Morgan fingerprint density at radius 3 is 2.73 bits per heavy atom. The van der Waals surface area contributed by atoms with E-state index in [-0.39, 0.29) is 11.6 Å². The van der Waals surface area contributed by atoms with Gasteiger partial charge in [-0.2, -0.15) is 0 Å². The summed E-state index contributed by atoms with van der Waals surface area (Å²) < 4.78 is 11.5. The first kappa shape index (κ1) is 9.60. The van der Waals surface area contributed by atoms with Crippen LogP contribution in [0.25, 0.3) is 0 Å². The molecule has 15 heavy (non-hydrogen) atoms. The monoisotopic (exact) mass is 210 g/mol. The smallest absolute Gasteiger partial charge is 0.193 e. The van der Waals surface area contributed by atoms with Gasteiger partial charge in [-0.25, -0.2) is 0 Å².